The third kappa shape index (κ3) is 4.22. The van der Waals surface area contributed by atoms with Crippen LogP contribution in [0.25, 0.3) is 0 Å². The largest absolute Gasteiger partial charge is 0.496 e. The molecule has 1 aromatic heterocycles. The molecule has 0 bridgehead atoms. The van der Waals surface area contributed by atoms with Crippen molar-refractivity contribution in [3.63, 3.8) is 0 Å². The second-order valence-corrected chi connectivity index (χ2v) is 6.99. The summed E-state index contributed by atoms with van der Waals surface area (Å²) in [5, 5.41) is 3.05. The first-order chi connectivity index (χ1) is 13.0. The molecule has 3 rings (SSSR count). The zero-order valence-corrected chi connectivity index (χ0v) is 16.2. The highest BCUT2D eigenvalue weighted by Crippen LogP contribution is 2.31. The Bertz CT molecular complexity index is 822. The summed E-state index contributed by atoms with van der Waals surface area (Å²) >= 11 is 0. The average molecular weight is 369 g/mol. The second-order valence-electron chi connectivity index (χ2n) is 6.99. The number of ether oxygens (including phenoxy) is 1. The lowest BCUT2D eigenvalue weighted by molar-refractivity contribution is 0.0929. The third-order valence-corrected chi connectivity index (χ3v) is 5.18. The number of nitrogens with one attached hydrogen (secondary N) is 1. The van der Waals surface area contributed by atoms with Crippen molar-refractivity contribution in [3.05, 3.63) is 53.3 Å². The van der Waals surface area contributed by atoms with Gasteiger partial charge in [-0.2, -0.15) is 0 Å². The van der Waals surface area contributed by atoms with Gasteiger partial charge in [0, 0.05) is 30.9 Å². The van der Waals surface area contributed by atoms with Crippen molar-refractivity contribution in [2.24, 2.45) is 7.05 Å². The Kier molecular flexibility index (Phi) is 5.96. The Balaban J connectivity index is 1.79. The summed E-state index contributed by atoms with van der Waals surface area (Å²) in [6.07, 6.45) is 4.02. The van der Waals surface area contributed by atoms with E-state index in [1.54, 1.807) is 31.0 Å². The normalized spacial score (nSPS) is 15.5. The van der Waals surface area contributed by atoms with Crippen molar-refractivity contribution < 1.29 is 14.3 Å². The molecule has 2 heterocycles. The molecular weight excluding hydrogens is 342 g/mol. The van der Waals surface area contributed by atoms with Crippen LogP contribution in [0, 0.1) is 0 Å². The number of carbonyl (C=O) groups is 2. The molecule has 1 N–H and O–H groups in total. The molecule has 1 amide bonds. The molecule has 0 saturated carbocycles. The Morgan fingerprint density at radius 1 is 1.22 bits per heavy atom. The Morgan fingerprint density at radius 2 is 1.93 bits per heavy atom. The van der Waals surface area contributed by atoms with Gasteiger partial charge >= 0.3 is 0 Å². The zero-order chi connectivity index (χ0) is 19.4. The van der Waals surface area contributed by atoms with Gasteiger partial charge in [0.2, 0.25) is 0 Å². The predicted molar refractivity (Wildman–Crippen MR) is 104 cm³/mol. The molecule has 1 aliphatic heterocycles. The second kappa shape index (κ2) is 8.39. The molecule has 6 nitrogen and oxygen atoms in total. The van der Waals surface area contributed by atoms with Crippen molar-refractivity contribution in [2.75, 3.05) is 26.7 Å². The van der Waals surface area contributed by atoms with E-state index in [9.17, 15) is 9.59 Å². The van der Waals surface area contributed by atoms with Gasteiger partial charge in [0.1, 0.15) is 11.4 Å². The predicted octanol–water partition coefficient (Wildman–Crippen LogP) is 2.80. The van der Waals surface area contributed by atoms with Crippen LogP contribution < -0.4 is 10.1 Å². The van der Waals surface area contributed by atoms with Crippen molar-refractivity contribution in [2.45, 2.75) is 25.8 Å². The maximum atomic E-state index is 12.7. The van der Waals surface area contributed by atoms with Gasteiger partial charge in [-0.05, 0) is 45.0 Å². The van der Waals surface area contributed by atoms with Crippen LogP contribution in [-0.2, 0) is 7.05 Å². The number of aryl methyl sites for hydroxylation is 1. The molecule has 1 aliphatic rings. The number of Topliss-reactive ketones (excluding diaryl/α,β-unsaturated/α-hetero) is 1. The average Bonchev–Trinajstić information content (AvgIpc) is 3.32. The van der Waals surface area contributed by atoms with Crippen LogP contribution in [0.15, 0.2) is 36.5 Å². The van der Waals surface area contributed by atoms with E-state index in [1.165, 1.54) is 19.8 Å². The number of para-hydroxylation sites is 1. The minimum atomic E-state index is -0.177. The fourth-order valence-corrected chi connectivity index (χ4v) is 3.69. The summed E-state index contributed by atoms with van der Waals surface area (Å²) in [6, 6.07) is 9.67. The van der Waals surface area contributed by atoms with Crippen LogP contribution in [0.3, 0.4) is 0 Å². The van der Waals surface area contributed by atoms with Crippen LogP contribution in [-0.4, -0.2) is 47.9 Å². The highest BCUT2D eigenvalue weighted by molar-refractivity contribution is 5.99. The van der Waals surface area contributed by atoms with E-state index in [-0.39, 0.29) is 17.7 Å². The van der Waals surface area contributed by atoms with Gasteiger partial charge in [-0.3, -0.25) is 14.5 Å². The number of likely N-dealkylation sites (tertiary alicyclic amines) is 1. The summed E-state index contributed by atoms with van der Waals surface area (Å²) in [5.74, 6) is 0.610. The summed E-state index contributed by atoms with van der Waals surface area (Å²) in [5.41, 5.74) is 2.11. The third-order valence-electron chi connectivity index (χ3n) is 5.18. The Morgan fingerprint density at radius 3 is 2.56 bits per heavy atom. The van der Waals surface area contributed by atoms with Crippen LogP contribution in [0.2, 0.25) is 0 Å². The lowest BCUT2D eigenvalue weighted by atomic mass is 10.0. The van der Waals surface area contributed by atoms with Crippen LogP contribution >= 0.6 is 0 Å². The van der Waals surface area contributed by atoms with E-state index in [0.717, 1.165) is 24.4 Å². The molecule has 27 heavy (non-hydrogen) atoms. The SMILES string of the molecule is COc1ccccc1C(CNC(=O)c1cc(C(C)=O)cn1C)N1CCCC1. The van der Waals surface area contributed by atoms with Gasteiger partial charge in [-0.25, -0.2) is 0 Å². The number of carbonyl (C=O) groups excluding carboxylic acids is 2. The number of amides is 1. The van der Waals surface area contributed by atoms with Crippen molar-refractivity contribution in [1.29, 1.82) is 0 Å². The highest BCUT2D eigenvalue weighted by atomic mass is 16.5. The van der Waals surface area contributed by atoms with Gasteiger partial charge in [0.05, 0.1) is 13.2 Å². The van der Waals surface area contributed by atoms with Crippen LogP contribution in [0.4, 0.5) is 0 Å². The minimum absolute atomic E-state index is 0.0476. The number of benzene rings is 1. The number of rotatable bonds is 7. The molecule has 144 valence electrons. The van der Waals surface area contributed by atoms with E-state index in [4.69, 9.17) is 4.74 Å². The number of methoxy groups -OCH3 is 1. The topological polar surface area (TPSA) is 63.6 Å². The van der Waals surface area contributed by atoms with E-state index < -0.39 is 0 Å². The van der Waals surface area contributed by atoms with E-state index in [2.05, 4.69) is 16.3 Å². The molecule has 1 unspecified atom stereocenters. The lowest BCUT2D eigenvalue weighted by Crippen LogP contribution is -2.37. The fraction of sp³-hybridized carbons (Fsp3) is 0.429. The molecule has 0 spiro atoms. The number of ketones is 1. The minimum Gasteiger partial charge on any atom is -0.496 e. The van der Waals surface area contributed by atoms with Crippen molar-refractivity contribution >= 4 is 11.7 Å². The first-order valence-electron chi connectivity index (χ1n) is 9.33. The van der Waals surface area contributed by atoms with Gasteiger partial charge < -0.3 is 14.6 Å². The summed E-state index contributed by atoms with van der Waals surface area (Å²) in [6.45, 7) is 4.01. The van der Waals surface area contributed by atoms with Gasteiger partial charge in [0.25, 0.3) is 5.91 Å². The summed E-state index contributed by atoms with van der Waals surface area (Å²) in [4.78, 5) is 26.7. The maximum absolute atomic E-state index is 12.7. The first kappa shape index (κ1) is 19.2. The van der Waals surface area contributed by atoms with Crippen molar-refractivity contribution in [1.82, 2.24) is 14.8 Å². The molecule has 1 fully saturated rings. The standard InChI is InChI=1S/C21H27N3O3/c1-15(25)16-12-18(23(2)14-16)21(26)22-13-19(24-10-6-7-11-24)17-8-4-5-9-20(17)27-3/h4-5,8-9,12,14,19H,6-7,10-11,13H2,1-3H3,(H,22,26). The number of hydrogen-bond acceptors (Lipinski definition) is 4. The number of nitrogens with zero attached hydrogens (tertiary/aromatic N) is 2. The molecule has 6 heteroatoms. The molecule has 1 saturated heterocycles. The lowest BCUT2D eigenvalue weighted by Gasteiger charge is -2.29. The fourth-order valence-electron chi connectivity index (χ4n) is 3.69. The van der Waals surface area contributed by atoms with Crippen LogP contribution in [0.1, 0.15) is 52.2 Å². The van der Waals surface area contributed by atoms with Crippen molar-refractivity contribution in [3.8, 4) is 5.75 Å². The molecule has 1 aromatic carbocycles. The molecule has 0 aliphatic carbocycles. The quantitative estimate of drug-likeness (QED) is 0.763. The number of aromatic nitrogens is 1. The molecule has 1 atom stereocenters. The van der Waals surface area contributed by atoms with E-state index in [1.807, 2.05) is 18.2 Å². The monoisotopic (exact) mass is 369 g/mol. The maximum Gasteiger partial charge on any atom is 0.267 e. The van der Waals surface area contributed by atoms with Crippen LogP contribution in [0.5, 0.6) is 5.75 Å². The smallest absolute Gasteiger partial charge is 0.267 e. The Hall–Kier alpha value is -2.60. The highest BCUT2D eigenvalue weighted by Gasteiger charge is 2.26. The van der Waals surface area contributed by atoms with Gasteiger partial charge in [-0.15, -0.1) is 0 Å². The molecule has 2 aromatic rings. The zero-order valence-electron chi connectivity index (χ0n) is 16.2. The van der Waals surface area contributed by atoms with E-state index >= 15 is 0 Å². The number of hydrogen-bond donors (Lipinski definition) is 1. The van der Waals surface area contributed by atoms with Gasteiger partial charge in [-0.1, -0.05) is 18.2 Å². The molecular formula is C21H27N3O3. The molecule has 0 radical (unpaired) electrons. The Labute approximate surface area is 160 Å². The summed E-state index contributed by atoms with van der Waals surface area (Å²) < 4.78 is 7.24. The van der Waals surface area contributed by atoms with Gasteiger partial charge in [0.15, 0.2) is 5.78 Å². The summed E-state index contributed by atoms with van der Waals surface area (Å²) in [7, 11) is 3.45. The van der Waals surface area contributed by atoms with E-state index in [0.29, 0.717) is 17.8 Å². The first-order valence-corrected chi connectivity index (χ1v) is 9.33.